The van der Waals surface area contributed by atoms with Gasteiger partial charge in [-0.15, -0.1) is 0 Å². The van der Waals surface area contributed by atoms with Crippen LogP contribution in [0.2, 0.25) is 0 Å². The fourth-order valence-corrected chi connectivity index (χ4v) is 1.12. The van der Waals surface area contributed by atoms with Crippen LogP contribution in [-0.2, 0) is 9.53 Å². The van der Waals surface area contributed by atoms with Gasteiger partial charge in [-0.05, 0) is 12.1 Å². The van der Waals surface area contributed by atoms with Crippen LogP contribution in [0.25, 0.3) is 0 Å². The van der Waals surface area contributed by atoms with Gasteiger partial charge in [0.2, 0.25) is 5.91 Å². The van der Waals surface area contributed by atoms with Crippen LogP contribution in [0.15, 0.2) is 18.2 Å². The Bertz CT molecular complexity index is 353. The number of amides is 1. The number of hydrogen-bond donors (Lipinski definition) is 2. The van der Waals surface area contributed by atoms with Gasteiger partial charge in [0.05, 0.1) is 12.8 Å². The molecule has 0 saturated heterocycles. The lowest BCUT2D eigenvalue weighted by atomic mass is 10.2. The van der Waals surface area contributed by atoms with Gasteiger partial charge in [-0.1, -0.05) is 0 Å². The molecule has 1 amide bonds. The zero-order valence-corrected chi connectivity index (χ0v) is 8.74. The smallest absolute Gasteiger partial charge is 0.250 e. The topological polar surface area (TPSA) is 73.6 Å². The minimum Gasteiger partial charge on any atom is -0.495 e. The van der Waals surface area contributed by atoms with E-state index in [1.54, 1.807) is 18.2 Å². The van der Waals surface area contributed by atoms with Gasteiger partial charge in [-0.2, -0.15) is 0 Å². The molecular formula is C10H14N2O3. The number of carbonyl (C=O) groups is 1. The van der Waals surface area contributed by atoms with Gasteiger partial charge >= 0.3 is 0 Å². The summed E-state index contributed by atoms with van der Waals surface area (Å²) in [5.74, 6) is 0.314. The van der Waals surface area contributed by atoms with Gasteiger partial charge in [-0.3, -0.25) is 4.79 Å². The molecule has 0 radical (unpaired) electrons. The lowest BCUT2D eigenvalue weighted by molar-refractivity contribution is -0.119. The average Bonchev–Trinajstić information content (AvgIpc) is 2.21. The molecule has 0 aliphatic carbocycles. The van der Waals surface area contributed by atoms with Crippen molar-refractivity contribution in [3.63, 3.8) is 0 Å². The highest BCUT2D eigenvalue weighted by atomic mass is 16.5. The van der Waals surface area contributed by atoms with Crippen molar-refractivity contribution in [2.45, 2.75) is 0 Å². The molecule has 5 heteroatoms. The molecule has 0 aliphatic rings. The number of rotatable bonds is 4. The number of nitrogens with one attached hydrogen (secondary N) is 1. The number of hydrogen-bond acceptors (Lipinski definition) is 4. The molecule has 0 aliphatic heterocycles. The molecule has 0 aromatic heterocycles. The fourth-order valence-electron chi connectivity index (χ4n) is 1.12. The first kappa shape index (κ1) is 11.3. The Hall–Kier alpha value is -1.75. The van der Waals surface area contributed by atoms with Crippen LogP contribution in [-0.4, -0.2) is 26.7 Å². The van der Waals surface area contributed by atoms with Crippen molar-refractivity contribution in [3.05, 3.63) is 18.2 Å². The molecule has 15 heavy (non-hydrogen) atoms. The van der Waals surface area contributed by atoms with E-state index in [-0.39, 0.29) is 12.5 Å². The molecule has 5 nitrogen and oxygen atoms in total. The predicted octanol–water partition coefficient (Wildman–Crippen LogP) is 0.862. The van der Waals surface area contributed by atoms with E-state index in [9.17, 15) is 4.79 Å². The predicted molar refractivity (Wildman–Crippen MR) is 57.9 cm³/mol. The largest absolute Gasteiger partial charge is 0.495 e. The molecule has 82 valence electrons. The molecule has 0 unspecified atom stereocenters. The van der Waals surface area contributed by atoms with Gasteiger partial charge in [0, 0.05) is 18.9 Å². The first-order valence-corrected chi connectivity index (χ1v) is 4.39. The number of methoxy groups -OCH3 is 2. The minimum absolute atomic E-state index is 0.0205. The molecule has 0 bridgehead atoms. The second-order valence-electron chi connectivity index (χ2n) is 2.94. The van der Waals surface area contributed by atoms with Crippen LogP contribution in [0.3, 0.4) is 0 Å². The normalized spacial score (nSPS) is 9.73. The highest BCUT2D eigenvalue weighted by Gasteiger charge is 2.04. The van der Waals surface area contributed by atoms with Crippen molar-refractivity contribution in [1.82, 2.24) is 0 Å². The molecule has 0 saturated carbocycles. The summed E-state index contributed by atoms with van der Waals surface area (Å²) in [6.07, 6.45) is 0. The molecular weight excluding hydrogens is 196 g/mol. The van der Waals surface area contributed by atoms with E-state index in [1.165, 1.54) is 14.2 Å². The molecule has 0 atom stereocenters. The van der Waals surface area contributed by atoms with Crippen LogP contribution < -0.4 is 15.8 Å². The zero-order valence-electron chi connectivity index (χ0n) is 8.74. The Morgan fingerprint density at radius 2 is 2.20 bits per heavy atom. The first-order valence-electron chi connectivity index (χ1n) is 4.39. The summed E-state index contributed by atoms with van der Waals surface area (Å²) < 4.78 is 9.71. The second kappa shape index (κ2) is 5.21. The Morgan fingerprint density at radius 3 is 2.80 bits per heavy atom. The maximum Gasteiger partial charge on any atom is 0.250 e. The maximum atomic E-state index is 11.2. The van der Waals surface area contributed by atoms with E-state index < -0.39 is 0 Å². The summed E-state index contributed by atoms with van der Waals surface area (Å²) in [6.45, 7) is 0.0205. The number of benzene rings is 1. The fraction of sp³-hybridized carbons (Fsp3) is 0.300. The summed E-state index contributed by atoms with van der Waals surface area (Å²) in [6, 6.07) is 5.02. The third kappa shape index (κ3) is 3.14. The summed E-state index contributed by atoms with van der Waals surface area (Å²) >= 11 is 0. The SMILES string of the molecule is COCC(=O)Nc1ccc(N)c(OC)c1. The molecule has 1 aromatic carbocycles. The van der Waals surface area contributed by atoms with Crippen molar-refractivity contribution < 1.29 is 14.3 Å². The lowest BCUT2D eigenvalue weighted by Gasteiger charge is -2.08. The standard InChI is InChI=1S/C10H14N2O3/c1-14-6-10(13)12-7-3-4-8(11)9(5-7)15-2/h3-5H,6,11H2,1-2H3,(H,12,13). The monoisotopic (exact) mass is 210 g/mol. The maximum absolute atomic E-state index is 11.2. The van der Waals surface area contributed by atoms with Gasteiger partial charge in [0.25, 0.3) is 0 Å². The molecule has 1 aromatic rings. The van der Waals surface area contributed by atoms with Crippen LogP contribution in [0, 0.1) is 0 Å². The quantitative estimate of drug-likeness (QED) is 0.723. The molecule has 3 N–H and O–H groups in total. The molecule has 1 rings (SSSR count). The Kier molecular flexibility index (Phi) is 3.93. The van der Waals surface area contributed by atoms with E-state index in [0.717, 1.165) is 0 Å². The number of nitrogens with two attached hydrogens (primary N) is 1. The van der Waals surface area contributed by atoms with Crippen molar-refractivity contribution in [3.8, 4) is 5.75 Å². The zero-order chi connectivity index (χ0) is 11.3. The van der Waals surface area contributed by atoms with Gasteiger partial charge in [0.15, 0.2) is 0 Å². The van der Waals surface area contributed by atoms with Crippen LogP contribution in [0.1, 0.15) is 0 Å². The van der Waals surface area contributed by atoms with Crippen molar-refractivity contribution in [2.75, 3.05) is 31.9 Å². The summed E-state index contributed by atoms with van der Waals surface area (Å²) in [5, 5.41) is 2.65. The van der Waals surface area contributed by atoms with Crippen LogP contribution in [0.4, 0.5) is 11.4 Å². The van der Waals surface area contributed by atoms with E-state index in [0.29, 0.717) is 17.1 Å². The number of nitrogen functional groups attached to an aromatic ring is 1. The minimum atomic E-state index is -0.218. The summed E-state index contributed by atoms with van der Waals surface area (Å²) in [4.78, 5) is 11.2. The van der Waals surface area contributed by atoms with E-state index >= 15 is 0 Å². The van der Waals surface area contributed by atoms with Crippen molar-refractivity contribution >= 4 is 17.3 Å². The highest BCUT2D eigenvalue weighted by Crippen LogP contribution is 2.24. The molecule has 0 spiro atoms. The van der Waals surface area contributed by atoms with Gasteiger partial charge < -0.3 is 20.5 Å². The third-order valence-electron chi connectivity index (χ3n) is 1.79. The summed E-state index contributed by atoms with van der Waals surface area (Å²) in [7, 11) is 2.98. The van der Waals surface area contributed by atoms with E-state index in [1.807, 2.05) is 0 Å². The van der Waals surface area contributed by atoms with Gasteiger partial charge in [0.1, 0.15) is 12.4 Å². The Balaban J connectivity index is 2.74. The second-order valence-corrected chi connectivity index (χ2v) is 2.94. The number of carbonyl (C=O) groups excluding carboxylic acids is 1. The average molecular weight is 210 g/mol. The number of ether oxygens (including phenoxy) is 2. The first-order chi connectivity index (χ1) is 7.17. The van der Waals surface area contributed by atoms with E-state index in [2.05, 4.69) is 10.1 Å². The number of anilines is 2. The Labute approximate surface area is 88.2 Å². The summed E-state index contributed by atoms with van der Waals surface area (Å²) in [5.41, 5.74) is 6.78. The van der Waals surface area contributed by atoms with Crippen LogP contribution >= 0.6 is 0 Å². The van der Waals surface area contributed by atoms with Crippen LogP contribution in [0.5, 0.6) is 5.75 Å². The Morgan fingerprint density at radius 1 is 1.47 bits per heavy atom. The highest BCUT2D eigenvalue weighted by molar-refractivity contribution is 5.92. The van der Waals surface area contributed by atoms with E-state index in [4.69, 9.17) is 10.5 Å². The van der Waals surface area contributed by atoms with Crippen molar-refractivity contribution in [1.29, 1.82) is 0 Å². The molecule has 0 heterocycles. The third-order valence-corrected chi connectivity index (χ3v) is 1.79. The molecule has 0 fully saturated rings. The van der Waals surface area contributed by atoms with Gasteiger partial charge in [-0.25, -0.2) is 0 Å². The lowest BCUT2D eigenvalue weighted by Crippen LogP contribution is -2.17. The van der Waals surface area contributed by atoms with Crippen molar-refractivity contribution in [2.24, 2.45) is 0 Å².